The first kappa shape index (κ1) is 123. The molecular weight excluding hydrogens is 2390 g/mol. The number of carbonyl (C=O) groups excluding carboxylic acids is 1. The van der Waals surface area contributed by atoms with Crippen LogP contribution >= 0.6 is 15.8 Å². The Morgan fingerprint density at radius 2 is 0.548 bits per heavy atom. The van der Waals surface area contributed by atoms with E-state index in [-0.39, 0.29) is 148 Å². The van der Waals surface area contributed by atoms with Crippen LogP contribution in [0.5, 0.6) is 0 Å². The van der Waals surface area contributed by atoms with Crippen LogP contribution < -0.4 is 31.8 Å². The molecule has 0 aliphatic heterocycles. The molecule has 13 aromatic heterocycles. The molecule has 0 saturated carbocycles. The Morgan fingerprint density at radius 1 is 0.295 bits per heavy atom. The van der Waals surface area contributed by atoms with Gasteiger partial charge in [-0.25, -0.2) is 20.0 Å². The average molecular weight is 2520 g/mol. The number of aromatic nitrogens is 21. The number of hydrogen-bond donors (Lipinski definition) is 2. The summed E-state index contributed by atoms with van der Waals surface area (Å²) in [4.78, 5) is 59.0. The van der Waals surface area contributed by atoms with Crippen molar-refractivity contribution in [3.63, 3.8) is 0 Å². The topological polar surface area (TPSA) is 298 Å². The van der Waals surface area contributed by atoms with Crippen LogP contribution in [0.4, 0.5) is 0 Å². The maximum absolute atomic E-state index is 10.1. The second-order valence-corrected chi connectivity index (χ2v) is 44.4. The van der Waals surface area contributed by atoms with Crippen LogP contribution in [0.15, 0.2) is 340 Å². The first-order valence-electron chi connectivity index (χ1n) is 46.3. The van der Waals surface area contributed by atoms with Gasteiger partial charge in [-0.2, -0.15) is 0 Å². The van der Waals surface area contributed by atoms with Crippen molar-refractivity contribution >= 4 is 59.4 Å². The standard InChI is InChI=1S/C30H24P2.C25H30N8.4C12H14N3.C6H5NO2.C5H8O2.Ir.3Rh.Ru/c1-5-15-25(16-6-1)31(26-17-7-2-8-18-26)29-23-13-14-24-30(29)32(27-19-9-3-10-20-27)28-21-11-4-12-22-28;1-23(2,3)21-26-15-32(30-21)19-13-9-11-17(28-19)25(7,8)18-12-10-14-20(29-18)33-16-27-22(31-33)24(4,5)6;4*1-12(2,3)10-7-9-15(14-10)11-6-4-5-8-13-11;8-6(9)5-3-1-2-4-7-5;1-4(6)3-5(2)7;;;;;/h1-24H;9-14H,1-8H3;4*4-8H,1-3H3;1-4H,(H,8,9);3,6H,1-2H3;;;;;/q;-2;4*-1;;;;;;;+1/p+2. The van der Waals surface area contributed by atoms with Crippen LogP contribution in [0.25, 0.3) is 34.9 Å². The van der Waals surface area contributed by atoms with Crippen LogP contribution in [-0.4, -0.2) is 126 Å². The summed E-state index contributed by atoms with van der Waals surface area (Å²) < 4.78 is 9.92. The Labute approximate surface area is 926 Å². The number of benzene rings is 5. The monoisotopic (exact) mass is 2520 g/mol. The van der Waals surface area contributed by atoms with Gasteiger partial charge in [0, 0.05) is 145 Å². The van der Waals surface area contributed by atoms with Gasteiger partial charge in [-0.1, -0.05) is 313 Å². The summed E-state index contributed by atoms with van der Waals surface area (Å²) in [5, 5.41) is 52.3. The maximum atomic E-state index is 10.1. The van der Waals surface area contributed by atoms with Gasteiger partial charge in [-0.15, -0.1) is 24.3 Å². The number of rotatable bonds is 16. The van der Waals surface area contributed by atoms with Crippen molar-refractivity contribution in [3.8, 4) is 34.9 Å². The number of aliphatic hydroxyl groups is 1. The van der Waals surface area contributed by atoms with Gasteiger partial charge in [-0.05, 0) is 192 Å². The van der Waals surface area contributed by atoms with Crippen LogP contribution in [0.3, 0.4) is 0 Å². The first-order chi connectivity index (χ1) is 67.0. The predicted octanol–water partition coefficient (Wildman–Crippen LogP) is 20.1. The number of nitrogens with zero attached hydrogens (tertiary/aromatic N) is 21. The molecule has 18 aromatic rings. The molecule has 18 rings (SSSR count). The Kier molecular flexibility index (Phi) is 47.7. The van der Waals surface area contributed by atoms with Crippen molar-refractivity contribution in [2.45, 2.75) is 190 Å². The van der Waals surface area contributed by atoms with Gasteiger partial charge in [0.05, 0.1) is 52.3 Å². The Hall–Kier alpha value is -12.0. The fraction of sp³-hybridized carbons (Fsp3) is 0.254. The van der Waals surface area contributed by atoms with E-state index < -0.39 is 27.2 Å². The molecule has 0 aliphatic rings. The van der Waals surface area contributed by atoms with Gasteiger partial charge >= 0.3 is 25.4 Å². The minimum atomic E-state index is -1.14. The van der Waals surface area contributed by atoms with Crippen molar-refractivity contribution in [3.05, 3.63) is 429 Å². The van der Waals surface area contributed by atoms with Crippen LogP contribution in [-0.2, 0) is 141 Å². The summed E-state index contributed by atoms with van der Waals surface area (Å²) >= 11 is 0. The molecule has 0 saturated heterocycles. The Balaban J connectivity index is 0.000000266. The molecule has 0 fully saturated rings. The third-order valence-corrected chi connectivity index (χ3v) is 26.9. The Bertz CT molecular complexity index is 6320. The molecule has 0 spiro atoms. The van der Waals surface area contributed by atoms with E-state index >= 15 is 0 Å². The number of pyridine rings is 7. The molecule has 0 atom stereocenters. The molecule has 5 radical (unpaired) electrons. The molecule has 146 heavy (non-hydrogen) atoms. The van der Waals surface area contributed by atoms with Gasteiger partial charge in [0.2, 0.25) is 0 Å². The zero-order chi connectivity index (χ0) is 102. The average Bonchev–Trinajstić information content (AvgIpc) is 1.15. The van der Waals surface area contributed by atoms with Gasteiger partial charge in [-0.3, -0.25) is 35.2 Å². The number of carboxylic acids is 1. The van der Waals surface area contributed by atoms with Crippen molar-refractivity contribution in [1.29, 1.82) is 0 Å². The molecular formula is C114H125IrN21O4P2Rh3Ru-3. The van der Waals surface area contributed by atoms with E-state index in [0.29, 0.717) is 11.6 Å². The van der Waals surface area contributed by atoms with Crippen LogP contribution in [0, 0.1) is 37.4 Å². The van der Waals surface area contributed by atoms with E-state index in [9.17, 15) is 9.59 Å². The number of hydrogen-bond acceptors (Lipinski definition) is 18. The summed E-state index contributed by atoms with van der Waals surface area (Å²) in [6, 6.07) is 101. The van der Waals surface area contributed by atoms with E-state index in [2.05, 4.69) is 387 Å². The summed E-state index contributed by atoms with van der Waals surface area (Å²) in [6.07, 6.45) is 27.8. The van der Waals surface area contributed by atoms with Gasteiger partial charge in [0.15, 0.2) is 5.78 Å². The molecule has 0 aliphatic carbocycles. The van der Waals surface area contributed by atoms with E-state index in [4.69, 9.17) is 20.2 Å². The predicted molar refractivity (Wildman–Crippen MR) is 566 cm³/mol. The SMILES string of the molecule is CC(=O)C=C(C)O.CC(C)(C)c1c[c-]n(-c2ccccn2)n1.CC(C)(C)c1c[c-]n(-c2ccccn2)n1.CC(C)(C)c1c[c-]n(-c2ccccn2)n1.CC(C)(C)c1c[c-]n(-c2ccccn2)n1.CC(C)(C)c1n[c-]n(-c2cccc(C(C)(C)c3cccc(-n4[c-]nc(C(C)(C)C)n4)n3)n2)n1.O=C(O)c1ccccn1.[Ir].[Rh].[Rh].[Rh].[Ru+].c1ccc([PH+](c2ccccc2)c2ccccc2[PH+](c2ccccc2)c2ccccc2)cc1. The largest absolute Gasteiger partial charge is 1.00 e. The zero-order valence-electron chi connectivity index (χ0n) is 86.0. The van der Waals surface area contributed by atoms with E-state index in [1.165, 1.54) is 64.0 Å². The van der Waals surface area contributed by atoms with E-state index in [1.54, 1.807) is 65.0 Å². The van der Waals surface area contributed by atoms with Crippen molar-refractivity contribution in [1.82, 2.24) is 104 Å². The Morgan fingerprint density at radius 3 is 0.747 bits per heavy atom. The van der Waals surface area contributed by atoms with Crippen molar-refractivity contribution in [2.24, 2.45) is 0 Å². The molecule has 32 heteroatoms. The van der Waals surface area contributed by atoms with Gasteiger partial charge in [0.25, 0.3) is 0 Å². The van der Waals surface area contributed by atoms with Crippen molar-refractivity contribution in [2.75, 3.05) is 0 Å². The van der Waals surface area contributed by atoms with E-state index in [0.717, 1.165) is 69.1 Å². The van der Waals surface area contributed by atoms with E-state index in [1.807, 2.05) is 133 Å². The molecule has 767 valence electrons. The second kappa shape index (κ2) is 56.8. The number of carbonyl (C=O) groups is 2. The smallest absolute Gasteiger partial charge is 0.512 e. The third-order valence-electron chi connectivity index (χ3n) is 21.1. The molecule has 0 amide bonds. The zero-order valence-corrected chi connectivity index (χ0v) is 97.1. The summed E-state index contributed by atoms with van der Waals surface area (Å²) in [5.74, 6) is 4.92. The molecule has 5 aromatic carbocycles. The molecule has 2 N–H and O–H groups in total. The summed E-state index contributed by atoms with van der Waals surface area (Å²) in [6.45, 7) is 45.1. The fourth-order valence-corrected chi connectivity index (χ4v) is 19.3. The minimum Gasteiger partial charge on any atom is -0.512 e. The molecule has 0 bridgehead atoms. The van der Waals surface area contributed by atoms with Crippen molar-refractivity contribution < 1.29 is 118 Å². The van der Waals surface area contributed by atoms with Crippen LogP contribution in [0.2, 0.25) is 0 Å². The number of carboxylic acid groups (broad SMARTS) is 1. The minimum absolute atomic E-state index is 0. The number of ketones is 1. The molecule has 25 nitrogen and oxygen atoms in total. The normalized spacial score (nSPS) is 11.2. The van der Waals surface area contributed by atoms with Gasteiger partial charge < -0.3 is 68.2 Å². The van der Waals surface area contributed by atoms with Gasteiger partial charge in [0.1, 0.15) is 53.4 Å². The number of aliphatic hydroxyl groups excluding tert-OH is 1. The summed E-state index contributed by atoms with van der Waals surface area (Å²) in [7, 11) is -2.28. The number of aromatic carboxylic acids is 1. The maximum Gasteiger partial charge on any atom is 1.00 e. The van der Waals surface area contributed by atoms with Crippen LogP contribution in [0.1, 0.15) is 209 Å². The second-order valence-electron chi connectivity index (χ2n) is 39.5. The molecule has 0 unspecified atom stereocenters. The fourth-order valence-electron chi connectivity index (χ4n) is 13.3. The first-order valence-corrected chi connectivity index (χ1v) is 49.3. The third kappa shape index (κ3) is 36.5. The summed E-state index contributed by atoms with van der Waals surface area (Å²) in [5.41, 5.74) is 5.32. The quantitative estimate of drug-likeness (QED) is 0.0299. The molecule has 13 heterocycles. The number of allylic oxidation sites excluding steroid dienone is 2.